The van der Waals surface area contributed by atoms with Crippen molar-refractivity contribution in [2.45, 2.75) is 64.1 Å². The van der Waals surface area contributed by atoms with E-state index in [0.29, 0.717) is 12.8 Å². The van der Waals surface area contributed by atoms with Crippen molar-refractivity contribution >= 4 is 0 Å². The summed E-state index contributed by atoms with van der Waals surface area (Å²) in [5.74, 6) is 0. The van der Waals surface area contributed by atoms with Gasteiger partial charge in [0.05, 0.1) is 5.60 Å². The zero-order valence-corrected chi connectivity index (χ0v) is 9.32. The molecule has 1 rings (SSSR count). The molecule has 1 saturated carbocycles. The molecular formula is C11H19F3O. The summed E-state index contributed by atoms with van der Waals surface area (Å²) >= 11 is 0. The molecule has 1 aliphatic rings. The molecule has 1 aliphatic carbocycles. The Bertz CT molecular complexity index is 222. The first-order chi connectivity index (χ1) is 6.62. The van der Waals surface area contributed by atoms with Crippen molar-refractivity contribution in [3.05, 3.63) is 0 Å². The van der Waals surface area contributed by atoms with Gasteiger partial charge in [0.1, 0.15) is 0 Å². The monoisotopic (exact) mass is 224 g/mol. The van der Waals surface area contributed by atoms with E-state index in [2.05, 4.69) is 0 Å². The van der Waals surface area contributed by atoms with Crippen LogP contribution in [-0.4, -0.2) is 16.9 Å². The van der Waals surface area contributed by atoms with Gasteiger partial charge in [0.2, 0.25) is 0 Å². The third-order valence-corrected chi connectivity index (χ3v) is 3.18. The molecule has 0 heterocycles. The topological polar surface area (TPSA) is 20.2 Å². The van der Waals surface area contributed by atoms with E-state index < -0.39 is 18.2 Å². The summed E-state index contributed by atoms with van der Waals surface area (Å²) < 4.78 is 36.2. The van der Waals surface area contributed by atoms with Crippen molar-refractivity contribution in [2.24, 2.45) is 5.41 Å². The SMILES string of the molecule is CC1(C)CCCC(O)(CCC(F)(F)F)C1. The lowest BCUT2D eigenvalue weighted by atomic mass is 9.68. The molecule has 0 spiro atoms. The molecule has 0 amide bonds. The molecule has 1 nitrogen and oxygen atoms in total. The molecular weight excluding hydrogens is 205 g/mol. The Morgan fingerprint density at radius 2 is 1.80 bits per heavy atom. The highest BCUT2D eigenvalue weighted by Gasteiger charge is 2.40. The molecule has 90 valence electrons. The standard InChI is InChI=1S/C11H19F3O/c1-9(2)4-3-5-10(15,8-9)6-7-11(12,13)14/h15H,3-8H2,1-2H3. The van der Waals surface area contributed by atoms with Gasteiger partial charge in [-0.25, -0.2) is 0 Å². The fourth-order valence-corrected chi connectivity index (χ4v) is 2.55. The highest BCUT2D eigenvalue weighted by Crippen LogP contribution is 2.44. The van der Waals surface area contributed by atoms with E-state index in [1.807, 2.05) is 13.8 Å². The van der Waals surface area contributed by atoms with Crippen LogP contribution in [0.25, 0.3) is 0 Å². The largest absolute Gasteiger partial charge is 0.390 e. The average Bonchev–Trinajstić information content (AvgIpc) is 1.97. The lowest BCUT2D eigenvalue weighted by Crippen LogP contribution is -2.39. The second kappa shape index (κ2) is 3.96. The van der Waals surface area contributed by atoms with Gasteiger partial charge in [-0.05, 0) is 31.1 Å². The Hall–Kier alpha value is -0.250. The first-order valence-electron chi connectivity index (χ1n) is 5.41. The lowest BCUT2D eigenvalue weighted by Gasteiger charge is -2.41. The molecule has 15 heavy (non-hydrogen) atoms. The van der Waals surface area contributed by atoms with Gasteiger partial charge in [-0.15, -0.1) is 0 Å². The molecule has 0 aromatic heterocycles. The number of hydrogen-bond donors (Lipinski definition) is 1. The number of halogens is 3. The Morgan fingerprint density at radius 1 is 1.20 bits per heavy atom. The molecule has 0 radical (unpaired) electrons. The summed E-state index contributed by atoms with van der Waals surface area (Å²) in [5.41, 5.74) is -1.13. The summed E-state index contributed by atoms with van der Waals surface area (Å²) in [5, 5.41) is 10.1. The first kappa shape index (κ1) is 12.8. The van der Waals surface area contributed by atoms with Crippen molar-refractivity contribution in [3.8, 4) is 0 Å². The third-order valence-electron chi connectivity index (χ3n) is 3.18. The number of aliphatic hydroxyl groups is 1. The van der Waals surface area contributed by atoms with Crippen LogP contribution in [0.2, 0.25) is 0 Å². The maximum Gasteiger partial charge on any atom is 0.389 e. The van der Waals surface area contributed by atoms with Crippen molar-refractivity contribution in [1.82, 2.24) is 0 Å². The van der Waals surface area contributed by atoms with Crippen molar-refractivity contribution < 1.29 is 18.3 Å². The molecule has 1 atom stereocenters. The van der Waals surface area contributed by atoms with E-state index in [4.69, 9.17) is 0 Å². The molecule has 4 heteroatoms. The second-order valence-corrected chi connectivity index (χ2v) is 5.53. The van der Waals surface area contributed by atoms with Gasteiger partial charge in [-0.3, -0.25) is 0 Å². The summed E-state index contributed by atoms with van der Waals surface area (Å²) in [6.07, 6.45) is -2.39. The summed E-state index contributed by atoms with van der Waals surface area (Å²) in [4.78, 5) is 0. The zero-order chi connectivity index (χ0) is 11.7. The van der Waals surface area contributed by atoms with E-state index in [1.54, 1.807) is 0 Å². The minimum absolute atomic E-state index is 0.0292. The minimum Gasteiger partial charge on any atom is -0.390 e. The smallest absolute Gasteiger partial charge is 0.389 e. The average molecular weight is 224 g/mol. The third kappa shape index (κ3) is 4.41. The van der Waals surface area contributed by atoms with Crippen LogP contribution in [0.1, 0.15) is 52.4 Å². The van der Waals surface area contributed by atoms with Gasteiger partial charge in [-0.1, -0.05) is 20.3 Å². The van der Waals surface area contributed by atoms with Crippen LogP contribution >= 0.6 is 0 Å². The number of alkyl halides is 3. The van der Waals surface area contributed by atoms with Crippen LogP contribution in [0.3, 0.4) is 0 Å². The quantitative estimate of drug-likeness (QED) is 0.759. The second-order valence-electron chi connectivity index (χ2n) is 5.53. The molecule has 0 aromatic rings. The van der Waals surface area contributed by atoms with E-state index in [-0.39, 0.29) is 11.8 Å². The lowest BCUT2D eigenvalue weighted by molar-refractivity contribution is -0.153. The molecule has 0 saturated heterocycles. The van der Waals surface area contributed by atoms with Gasteiger partial charge in [0.25, 0.3) is 0 Å². The van der Waals surface area contributed by atoms with Crippen LogP contribution in [0, 0.1) is 5.41 Å². The van der Waals surface area contributed by atoms with Crippen LogP contribution in [-0.2, 0) is 0 Å². The number of hydrogen-bond acceptors (Lipinski definition) is 1. The van der Waals surface area contributed by atoms with Crippen LogP contribution in [0.4, 0.5) is 13.2 Å². The molecule has 0 aliphatic heterocycles. The van der Waals surface area contributed by atoms with Gasteiger partial charge in [0, 0.05) is 6.42 Å². The normalized spacial score (nSPS) is 31.6. The maximum absolute atomic E-state index is 12.1. The Kier molecular flexibility index (Phi) is 3.39. The van der Waals surface area contributed by atoms with Crippen LogP contribution in [0.5, 0.6) is 0 Å². The summed E-state index contributed by atoms with van der Waals surface area (Å²) in [6, 6.07) is 0. The van der Waals surface area contributed by atoms with Gasteiger partial charge in [-0.2, -0.15) is 13.2 Å². The predicted molar refractivity (Wildman–Crippen MR) is 52.5 cm³/mol. The fourth-order valence-electron chi connectivity index (χ4n) is 2.55. The van der Waals surface area contributed by atoms with Gasteiger partial charge < -0.3 is 5.11 Å². The highest BCUT2D eigenvalue weighted by molar-refractivity contribution is 4.90. The highest BCUT2D eigenvalue weighted by atomic mass is 19.4. The van der Waals surface area contributed by atoms with E-state index >= 15 is 0 Å². The van der Waals surface area contributed by atoms with Crippen molar-refractivity contribution in [1.29, 1.82) is 0 Å². The zero-order valence-electron chi connectivity index (χ0n) is 9.32. The van der Waals surface area contributed by atoms with Crippen LogP contribution < -0.4 is 0 Å². The Morgan fingerprint density at radius 3 is 2.27 bits per heavy atom. The number of rotatable bonds is 2. The minimum atomic E-state index is -4.16. The van der Waals surface area contributed by atoms with E-state index in [0.717, 1.165) is 12.8 Å². The maximum atomic E-state index is 12.1. The molecule has 1 unspecified atom stereocenters. The van der Waals surface area contributed by atoms with Crippen LogP contribution in [0.15, 0.2) is 0 Å². The summed E-state index contributed by atoms with van der Waals surface area (Å²) in [6.45, 7) is 4.01. The fraction of sp³-hybridized carbons (Fsp3) is 1.00. The Balaban J connectivity index is 2.51. The Labute approximate surface area is 88.7 Å². The molecule has 0 bridgehead atoms. The van der Waals surface area contributed by atoms with E-state index in [9.17, 15) is 18.3 Å². The predicted octanol–water partition coefficient (Wildman–Crippen LogP) is 3.66. The van der Waals surface area contributed by atoms with Gasteiger partial charge in [0.15, 0.2) is 0 Å². The molecule has 1 fully saturated rings. The summed E-state index contributed by atoms with van der Waals surface area (Å²) in [7, 11) is 0. The van der Waals surface area contributed by atoms with Gasteiger partial charge >= 0.3 is 6.18 Å². The van der Waals surface area contributed by atoms with Crippen molar-refractivity contribution in [2.75, 3.05) is 0 Å². The van der Waals surface area contributed by atoms with Crippen molar-refractivity contribution in [3.63, 3.8) is 0 Å². The van der Waals surface area contributed by atoms with E-state index in [1.165, 1.54) is 0 Å². The molecule has 1 N–H and O–H groups in total. The first-order valence-corrected chi connectivity index (χ1v) is 5.41. The molecule has 0 aromatic carbocycles.